The van der Waals surface area contributed by atoms with E-state index in [1.807, 2.05) is 30.3 Å². The first-order valence-corrected chi connectivity index (χ1v) is 11.6. The van der Waals surface area contributed by atoms with Crippen LogP contribution in [0.5, 0.6) is 0 Å². The monoisotopic (exact) mass is 459 g/mol. The Morgan fingerprint density at radius 1 is 1.16 bits per heavy atom. The summed E-state index contributed by atoms with van der Waals surface area (Å²) in [7, 11) is -3.83. The Balaban J connectivity index is 1.49. The molecule has 0 radical (unpaired) electrons. The zero-order valence-electron chi connectivity index (χ0n) is 17.6. The van der Waals surface area contributed by atoms with Crippen LogP contribution in [-0.4, -0.2) is 50.3 Å². The van der Waals surface area contributed by atoms with E-state index in [2.05, 4.69) is 5.32 Å². The first kappa shape index (κ1) is 23.4. The lowest BCUT2D eigenvalue weighted by Crippen LogP contribution is -2.33. The van der Waals surface area contributed by atoms with Gasteiger partial charge in [-0.1, -0.05) is 30.3 Å². The van der Waals surface area contributed by atoms with E-state index < -0.39 is 33.9 Å². The van der Waals surface area contributed by atoms with Gasteiger partial charge in [-0.2, -0.15) is 0 Å². The highest BCUT2D eigenvalue weighted by molar-refractivity contribution is 7.89. The van der Waals surface area contributed by atoms with E-state index in [4.69, 9.17) is 9.88 Å². The second-order valence-electron chi connectivity index (χ2n) is 7.61. The molecule has 0 spiro atoms. The minimum absolute atomic E-state index is 0.0526. The fourth-order valence-electron chi connectivity index (χ4n) is 3.35. The van der Waals surface area contributed by atoms with Crippen LogP contribution < -0.4 is 10.5 Å². The third kappa shape index (κ3) is 6.14. The summed E-state index contributed by atoms with van der Waals surface area (Å²) >= 11 is 0. The van der Waals surface area contributed by atoms with Crippen molar-refractivity contribution < 1.29 is 27.5 Å². The quantitative estimate of drug-likeness (QED) is 0.571. The molecule has 9 nitrogen and oxygen atoms in total. The van der Waals surface area contributed by atoms with Gasteiger partial charge in [0, 0.05) is 25.2 Å². The molecule has 10 heteroatoms. The highest BCUT2D eigenvalue weighted by atomic mass is 32.2. The van der Waals surface area contributed by atoms with Crippen LogP contribution >= 0.6 is 0 Å². The minimum atomic E-state index is -3.83. The molecule has 1 heterocycles. The fraction of sp³-hybridized carbons (Fsp3) is 0.318. The lowest BCUT2D eigenvalue weighted by atomic mass is 10.1. The SMILES string of the molecule is C[C@H](OC(=O)[C@H]1CC(=O)N(CCc2ccccc2)C1)C(=O)Nc1ccc(S(N)(=O)=O)cc1. The number of hydrogen-bond acceptors (Lipinski definition) is 6. The molecule has 32 heavy (non-hydrogen) atoms. The molecular weight excluding hydrogens is 434 g/mol. The number of sulfonamides is 1. The van der Waals surface area contributed by atoms with Crippen molar-refractivity contribution >= 4 is 33.5 Å². The number of esters is 1. The van der Waals surface area contributed by atoms with Crippen LogP contribution in [0.15, 0.2) is 59.5 Å². The van der Waals surface area contributed by atoms with E-state index >= 15 is 0 Å². The first-order valence-electron chi connectivity index (χ1n) is 10.1. The van der Waals surface area contributed by atoms with E-state index in [0.29, 0.717) is 18.7 Å². The van der Waals surface area contributed by atoms with Crippen LogP contribution in [0.1, 0.15) is 18.9 Å². The number of hydrogen-bond donors (Lipinski definition) is 2. The molecule has 2 aromatic carbocycles. The maximum atomic E-state index is 12.5. The molecule has 1 aliphatic rings. The average molecular weight is 460 g/mol. The minimum Gasteiger partial charge on any atom is -0.452 e. The molecule has 1 saturated heterocycles. The van der Waals surface area contributed by atoms with Crippen molar-refractivity contribution in [3.05, 3.63) is 60.2 Å². The second-order valence-corrected chi connectivity index (χ2v) is 9.18. The Kier molecular flexibility index (Phi) is 7.26. The van der Waals surface area contributed by atoms with Crippen molar-refractivity contribution in [3.8, 4) is 0 Å². The summed E-state index contributed by atoms with van der Waals surface area (Å²) in [5.74, 6) is -1.92. The topological polar surface area (TPSA) is 136 Å². The van der Waals surface area contributed by atoms with E-state index in [-0.39, 0.29) is 23.8 Å². The molecule has 3 rings (SSSR count). The largest absolute Gasteiger partial charge is 0.452 e. The van der Waals surface area contributed by atoms with E-state index in [1.165, 1.54) is 31.2 Å². The highest BCUT2D eigenvalue weighted by Crippen LogP contribution is 2.21. The van der Waals surface area contributed by atoms with Gasteiger partial charge in [0.05, 0.1) is 10.8 Å². The number of carbonyl (C=O) groups is 3. The van der Waals surface area contributed by atoms with E-state index in [1.54, 1.807) is 4.90 Å². The van der Waals surface area contributed by atoms with Gasteiger partial charge in [-0.25, -0.2) is 13.6 Å². The van der Waals surface area contributed by atoms with Gasteiger partial charge in [0.25, 0.3) is 5.91 Å². The molecule has 170 valence electrons. The third-order valence-electron chi connectivity index (χ3n) is 5.17. The number of nitrogens with one attached hydrogen (secondary N) is 1. The summed E-state index contributed by atoms with van der Waals surface area (Å²) in [5, 5.41) is 7.58. The van der Waals surface area contributed by atoms with Crippen LogP contribution in [0, 0.1) is 5.92 Å². The van der Waals surface area contributed by atoms with Crippen molar-refractivity contribution in [1.82, 2.24) is 4.90 Å². The van der Waals surface area contributed by atoms with Gasteiger partial charge in [0.2, 0.25) is 15.9 Å². The van der Waals surface area contributed by atoms with E-state index in [0.717, 1.165) is 5.56 Å². The number of nitrogens with zero attached hydrogens (tertiary/aromatic N) is 1. The summed E-state index contributed by atoms with van der Waals surface area (Å²) in [6.45, 7) is 2.20. The van der Waals surface area contributed by atoms with Gasteiger partial charge in [-0.3, -0.25) is 14.4 Å². The average Bonchev–Trinajstić information content (AvgIpc) is 3.13. The van der Waals surface area contributed by atoms with Crippen molar-refractivity contribution in [2.45, 2.75) is 30.8 Å². The molecule has 0 saturated carbocycles. The molecule has 2 amide bonds. The van der Waals surface area contributed by atoms with Crippen molar-refractivity contribution in [1.29, 1.82) is 0 Å². The predicted octanol–water partition coefficient (Wildman–Crippen LogP) is 1.30. The van der Waals surface area contributed by atoms with Crippen LogP contribution in [0.25, 0.3) is 0 Å². The normalized spacial score (nSPS) is 17.1. The number of rotatable bonds is 8. The smallest absolute Gasteiger partial charge is 0.312 e. The number of likely N-dealkylation sites (tertiary alicyclic amines) is 1. The van der Waals surface area contributed by atoms with Crippen molar-refractivity contribution in [2.75, 3.05) is 18.4 Å². The zero-order chi connectivity index (χ0) is 23.3. The van der Waals surface area contributed by atoms with Crippen LogP contribution in [0.4, 0.5) is 5.69 Å². The Labute approximate surface area is 186 Å². The summed E-state index contributed by atoms with van der Waals surface area (Å²) in [5.41, 5.74) is 1.43. The predicted molar refractivity (Wildman–Crippen MR) is 117 cm³/mol. The van der Waals surface area contributed by atoms with Crippen LogP contribution in [-0.2, 0) is 35.6 Å². The molecule has 3 N–H and O–H groups in total. The molecule has 1 aliphatic heterocycles. The standard InChI is InChI=1S/C22H25N3O6S/c1-15(21(27)24-18-7-9-19(10-8-18)32(23,29)30)31-22(28)17-13-20(26)25(14-17)12-11-16-5-3-2-4-6-16/h2-10,15,17H,11-14H2,1H3,(H,24,27)(H2,23,29,30)/t15-,17-/m0/s1. The van der Waals surface area contributed by atoms with Gasteiger partial charge in [0.1, 0.15) is 0 Å². The Morgan fingerprint density at radius 2 is 1.81 bits per heavy atom. The Bertz CT molecular complexity index is 1090. The Hall–Kier alpha value is -3.24. The van der Waals surface area contributed by atoms with Gasteiger partial charge < -0.3 is 15.0 Å². The number of carbonyl (C=O) groups excluding carboxylic acids is 3. The molecule has 0 aromatic heterocycles. The molecule has 0 unspecified atom stereocenters. The number of benzene rings is 2. The number of ether oxygens (including phenoxy) is 1. The van der Waals surface area contributed by atoms with Crippen LogP contribution in [0.3, 0.4) is 0 Å². The second kappa shape index (κ2) is 9.92. The van der Waals surface area contributed by atoms with Crippen LogP contribution in [0.2, 0.25) is 0 Å². The molecule has 0 aliphatic carbocycles. The maximum absolute atomic E-state index is 12.5. The molecule has 0 bridgehead atoms. The van der Waals surface area contributed by atoms with Gasteiger partial charge in [-0.15, -0.1) is 0 Å². The number of anilines is 1. The van der Waals surface area contributed by atoms with E-state index in [9.17, 15) is 22.8 Å². The lowest BCUT2D eigenvalue weighted by Gasteiger charge is -2.18. The first-order chi connectivity index (χ1) is 15.1. The Morgan fingerprint density at radius 3 is 2.44 bits per heavy atom. The fourth-order valence-corrected chi connectivity index (χ4v) is 3.87. The zero-order valence-corrected chi connectivity index (χ0v) is 18.4. The van der Waals surface area contributed by atoms with Crippen molar-refractivity contribution in [3.63, 3.8) is 0 Å². The number of nitrogens with two attached hydrogens (primary N) is 1. The number of amides is 2. The van der Waals surface area contributed by atoms with Gasteiger partial charge in [-0.05, 0) is 43.2 Å². The van der Waals surface area contributed by atoms with Crippen molar-refractivity contribution in [2.24, 2.45) is 11.1 Å². The lowest BCUT2D eigenvalue weighted by molar-refractivity contribution is -0.157. The van der Waals surface area contributed by atoms with Gasteiger partial charge in [0.15, 0.2) is 6.10 Å². The summed E-state index contributed by atoms with van der Waals surface area (Å²) < 4.78 is 27.8. The maximum Gasteiger partial charge on any atom is 0.312 e. The summed E-state index contributed by atoms with van der Waals surface area (Å²) in [6, 6.07) is 15.0. The molecule has 1 fully saturated rings. The molecule has 2 atom stereocenters. The highest BCUT2D eigenvalue weighted by Gasteiger charge is 2.36. The van der Waals surface area contributed by atoms with Gasteiger partial charge >= 0.3 is 5.97 Å². The third-order valence-corrected chi connectivity index (χ3v) is 6.10. The summed E-state index contributed by atoms with van der Waals surface area (Å²) in [6.07, 6.45) is -0.345. The number of primary sulfonamides is 1. The molecular formula is C22H25N3O6S. The summed E-state index contributed by atoms with van der Waals surface area (Å²) in [4.78, 5) is 38.6. The molecule has 2 aromatic rings.